The maximum atomic E-state index is 12.2. The Hall–Kier alpha value is -1.88. The van der Waals surface area contributed by atoms with Gasteiger partial charge in [-0.15, -0.1) is 11.3 Å². The van der Waals surface area contributed by atoms with E-state index in [2.05, 4.69) is 10.3 Å². The zero-order chi connectivity index (χ0) is 13.1. The quantitative estimate of drug-likeness (QED) is 0.934. The number of nitrogens with one attached hydrogen (secondary N) is 1. The number of thiophene rings is 1. The molecule has 2 aromatic heterocycles. The van der Waals surface area contributed by atoms with Gasteiger partial charge in [-0.05, 0) is 30.0 Å². The summed E-state index contributed by atoms with van der Waals surface area (Å²) in [5.74, 6) is 0.144. The maximum absolute atomic E-state index is 12.2. The van der Waals surface area contributed by atoms with Crippen molar-refractivity contribution in [3.8, 4) is 0 Å². The minimum Gasteiger partial charge on any atom is -0.379 e. The Kier molecular flexibility index (Phi) is 3.46. The van der Waals surface area contributed by atoms with Crippen LogP contribution in [0.15, 0.2) is 42.0 Å². The Morgan fingerprint density at radius 2 is 2.37 bits per heavy atom. The van der Waals surface area contributed by atoms with Crippen molar-refractivity contribution in [1.29, 1.82) is 0 Å². The third-order valence-electron chi connectivity index (χ3n) is 3.24. The second-order valence-corrected chi connectivity index (χ2v) is 5.55. The van der Waals surface area contributed by atoms with Gasteiger partial charge in [-0.3, -0.25) is 9.78 Å². The van der Waals surface area contributed by atoms with Gasteiger partial charge in [0.15, 0.2) is 0 Å². The number of carbonyl (C=O) groups excluding carboxylic acids is 1. The van der Waals surface area contributed by atoms with Crippen molar-refractivity contribution in [2.24, 2.45) is 0 Å². The molecule has 0 unspecified atom stereocenters. The Morgan fingerprint density at radius 1 is 1.42 bits per heavy atom. The molecule has 1 saturated heterocycles. The van der Waals surface area contributed by atoms with E-state index in [0.29, 0.717) is 6.04 Å². The molecule has 1 aliphatic rings. The van der Waals surface area contributed by atoms with Crippen LogP contribution in [0.4, 0.5) is 5.69 Å². The first-order valence-corrected chi connectivity index (χ1v) is 7.20. The van der Waals surface area contributed by atoms with Gasteiger partial charge in [0.1, 0.15) is 0 Å². The van der Waals surface area contributed by atoms with Crippen LogP contribution in [-0.4, -0.2) is 34.9 Å². The fraction of sp³-hybridized carbons (Fsp3) is 0.286. The van der Waals surface area contributed by atoms with Crippen LogP contribution < -0.4 is 5.32 Å². The van der Waals surface area contributed by atoms with Crippen LogP contribution >= 0.6 is 11.3 Å². The van der Waals surface area contributed by atoms with Crippen LogP contribution in [0.2, 0.25) is 0 Å². The number of likely N-dealkylation sites (tertiary alicyclic amines) is 1. The number of rotatable bonds is 3. The fourth-order valence-corrected chi connectivity index (χ4v) is 2.99. The van der Waals surface area contributed by atoms with Crippen molar-refractivity contribution in [1.82, 2.24) is 9.88 Å². The lowest BCUT2D eigenvalue weighted by molar-refractivity contribution is 0.0796. The molecule has 0 saturated carbocycles. The predicted octanol–water partition coefficient (Wildman–Crippen LogP) is 2.47. The first-order valence-electron chi connectivity index (χ1n) is 6.32. The van der Waals surface area contributed by atoms with E-state index in [9.17, 15) is 4.79 Å². The van der Waals surface area contributed by atoms with Gasteiger partial charge in [-0.1, -0.05) is 6.07 Å². The van der Waals surface area contributed by atoms with Crippen molar-refractivity contribution in [3.63, 3.8) is 0 Å². The van der Waals surface area contributed by atoms with Gasteiger partial charge >= 0.3 is 0 Å². The number of amides is 1. The highest BCUT2D eigenvalue weighted by molar-refractivity contribution is 7.12. The van der Waals surface area contributed by atoms with Gasteiger partial charge in [0.05, 0.1) is 10.6 Å². The van der Waals surface area contributed by atoms with Crippen LogP contribution in [-0.2, 0) is 0 Å². The Morgan fingerprint density at radius 3 is 3.11 bits per heavy atom. The van der Waals surface area contributed by atoms with Crippen LogP contribution in [0, 0.1) is 0 Å². The van der Waals surface area contributed by atoms with Gasteiger partial charge in [-0.25, -0.2) is 0 Å². The average Bonchev–Trinajstić information content (AvgIpc) is 3.10. The molecule has 3 heterocycles. The number of carbonyl (C=O) groups is 1. The first kappa shape index (κ1) is 12.2. The molecular formula is C14H15N3OS. The van der Waals surface area contributed by atoms with Crippen molar-refractivity contribution in [2.75, 3.05) is 18.4 Å². The molecule has 0 bridgehead atoms. The number of hydrogen-bond donors (Lipinski definition) is 1. The third kappa shape index (κ3) is 2.76. The Labute approximate surface area is 116 Å². The van der Waals surface area contributed by atoms with E-state index in [4.69, 9.17) is 0 Å². The second kappa shape index (κ2) is 5.40. The van der Waals surface area contributed by atoms with Crippen molar-refractivity contribution in [2.45, 2.75) is 12.5 Å². The monoisotopic (exact) mass is 273 g/mol. The highest BCUT2D eigenvalue weighted by atomic mass is 32.1. The molecule has 19 heavy (non-hydrogen) atoms. The minimum atomic E-state index is 0.144. The molecule has 1 atom stereocenters. The van der Waals surface area contributed by atoms with Crippen molar-refractivity contribution < 1.29 is 4.79 Å². The smallest absolute Gasteiger partial charge is 0.263 e. The van der Waals surface area contributed by atoms with E-state index >= 15 is 0 Å². The van der Waals surface area contributed by atoms with Crippen LogP contribution in [0.3, 0.4) is 0 Å². The van der Waals surface area contributed by atoms with E-state index in [1.54, 1.807) is 6.20 Å². The zero-order valence-corrected chi connectivity index (χ0v) is 11.3. The summed E-state index contributed by atoms with van der Waals surface area (Å²) in [6.07, 6.45) is 4.54. The molecule has 4 nitrogen and oxygen atoms in total. The number of pyridine rings is 1. The highest BCUT2D eigenvalue weighted by Crippen LogP contribution is 2.19. The number of nitrogens with zero attached hydrogens (tertiary/aromatic N) is 2. The summed E-state index contributed by atoms with van der Waals surface area (Å²) in [6.45, 7) is 1.57. The van der Waals surface area contributed by atoms with Gasteiger partial charge in [0.2, 0.25) is 0 Å². The molecule has 5 heteroatoms. The number of aromatic nitrogens is 1. The molecule has 0 radical (unpaired) electrons. The molecule has 98 valence electrons. The summed E-state index contributed by atoms with van der Waals surface area (Å²) in [4.78, 5) is 19.0. The Balaban J connectivity index is 1.60. The molecule has 0 aromatic carbocycles. The summed E-state index contributed by atoms with van der Waals surface area (Å²) in [6, 6.07) is 8.02. The van der Waals surface area contributed by atoms with Gasteiger partial charge in [0, 0.05) is 31.5 Å². The SMILES string of the molecule is O=C(c1cccs1)N1CC[C@H](Nc2cccnc2)C1. The lowest BCUT2D eigenvalue weighted by Crippen LogP contribution is -2.31. The lowest BCUT2D eigenvalue weighted by Gasteiger charge is -2.16. The standard InChI is InChI=1S/C14H15N3OS/c18-14(13-4-2-8-19-13)17-7-5-12(10-17)16-11-3-1-6-15-9-11/h1-4,6,8-9,12,16H,5,7,10H2/t12-/m0/s1. The molecule has 1 fully saturated rings. The van der Waals surface area contributed by atoms with Crippen LogP contribution in [0.1, 0.15) is 16.1 Å². The van der Waals surface area contributed by atoms with E-state index in [1.807, 2.05) is 40.7 Å². The van der Waals surface area contributed by atoms with E-state index in [1.165, 1.54) is 11.3 Å². The van der Waals surface area contributed by atoms with Gasteiger partial charge < -0.3 is 10.2 Å². The molecule has 0 aliphatic carbocycles. The molecule has 1 amide bonds. The molecular weight excluding hydrogens is 258 g/mol. The highest BCUT2D eigenvalue weighted by Gasteiger charge is 2.27. The van der Waals surface area contributed by atoms with Crippen LogP contribution in [0.25, 0.3) is 0 Å². The van der Waals surface area contributed by atoms with Crippen molar-refractivity contribution >= 4 is 22.9 Å². The normalized spacial score (nSPS) is 18.5. The third-order valence-corrected chi connectivity index (χ3v) is 4.10. The first-order chi connectivity index (χ1) is 9.33. The molecule has 1 aliphatic heterocycles. The van der Waals surface area contributed by atoms with Crippen LogP contribution in [0.5, 0.6) is 0 Å². The zero-order valence-electron chi connectivity index (χ0n) is 10.5. The number of hydrogen-bond acceptors (Lipinski definition) is 4. The Bertz CT molecular complexity index is 541. The fourth-order valence-electron chi connectivity index (χ4n) is 2.30. The van der Waals surface area contributed by atoms with Gasteiger partial charge in [0.25, 0.3) is 5.91 Å². The maximum Gasteiger partial charge on any atom is 0.263 e. The van der Waals surface area contributed by atoms with E-state index < -0.39 is 0 Å². The minimum absolute atomic E-state index is 0.144. The lowest BCUT2D eigenvalue weighted by atomic mass is 10.2. The largest absolute Gasteiger partial charge is 0.379 e. The average molecular weight is 273 g/mol. The summed E-state index contributed by atoms with van der Waals surface area (Å²) in [7, 11) is 0. The topological polar surface area (TPSA) is 45.2 Å². The van der Waals surface area contributed by atoms with Crippen molar-refractivity contribution in [3.05, 3.63) is 46.9 Å². The predicted molar refractivity (Wildman–Crippen MR) is 76.5 cm³/mol. The second-order valence-electron chi connectivity index (χ2n) is 4.60. The summed E-state index contributed by atoms with van der Waals surface area (Å²) >= 11 is 1.50. The van der Waals surface area contributed by atoms with E-state index in [0.717, 1.165) is 30.1 Å². The summed E-state index contributed by atoms with van der Waals surface area (Å²) in [5.41, 5.74) is 1.01. The molecule has 0 spiro atoms. The van der Waals surface area contributed by atoms with Gasteiger partial charge in [-0.2, -0.15) is 0 Å². The molecule has 1 N–H and O–H groups in total. The summed E-state index contributed by atoms with van der Waals surface area (Å²) < 4.78 is 0. The summed E-state index contributed by atoms with van der Waals surface area (Å²) in [5, 5.41) is 5.36. The van der Waals surface area contributed by atoms with E-state index in [-0.39, 0.29) is 5.91 Å². The molecule has 2 aromatic rings. The number of anilines is 1. The molecule has 3 rings (SSSR count).